The minimum absolute atomic E-state index is 0.0754. The monoisotopic (exact) mass is 822 g/mol. The summed E-state index contributed by atoms with van der Waals surface area (Å²) in [5.74, 6) is 11.6. The third-order valence-electron chi connectivity index (χ3n) is 17.6. The van der Waals surface area contributed by atoms with Crippen molar-refractivity contribution in [2.24, 2.45) is 70.3 Å². The van der Waals surface area contributed by atoms with E-state index < -0.39 is 23.7 Å². The van der Waals surface area contributed by atoms with E-state index in [1.807, 2.05) is 0 Å². The van der Waals surface area contributed by atoms with E-state index in [-0.39, 0.29) is 41.7 Å². The van der Waals surface area contributed by atoms with E-state index in [9.17, 15) is 24.9 Å². The first-order valence-electron chi connectivity index (χ1n) is 24.8. The standard InChI is InChI=1S/C50H81N3O6/c1-3-35-31-53-49(51)29-43(35)37(12-11-32-7-5-4-6-8-32)25-40(54)16-13-36-20-22-50(47(57)18-15-38-26-46(59-2)45(56)28-42(36)38)21-19-33(24-48(50)58)9-10-34-23-39-14-17-41(55)27-44(39)52-30-34/h11-12,32-40,42-46,48-49,52-54,56,58H,3-10,13-19,21,23-31,51H2,1-2H3/p+2/t33-,34-,35?,36-,37-,38?,39+,40-,42?,43?,44-,45?,46?,48-,49?,50-/m1/s1. The molecule has 7 rings (SSSR count). The number of Topliss-reactive ketones (excluding diaryl/α,β-unsaturated/α-hetero) is 2. The van der Waals surface area contributed by atoms with Crippen LogP contribution in [-0.2, 0) is 14.3 Å². The van der Waals surface area contributed by atoms with Crippen LogP contribution in [0.5, 0.6) is 0 Å². The molecule has 0 aromatic heterocycles. The summed E-state index contributed by atoms with van der Waals surface area (Å²) in [4.78, 5) is 26.4. The van der Waals surface area contributed by atoms with Crippen LogP contribution in [0.4, 0.5) is 0 Å². The molecule has 2 saturated heterocycles. The third kappa shape index (κ3) is 11.3. The highest BCUT2D eigenvalue weighted by atomic mass is 16.5. The first-order valence-corrected chi connectivity index (χ1v) is 24.8. The van der Waals surface area contributed by atoms with Crippen LogP contribution in [0.15, 0.2) is 12.2 Å². The van der Waals surface area contributed by atoms with E-state index in [1.165, 1.54) is 38.5 Å². The first kappa shape index (κ1) is 45.4. The molecule has 2 heterocycles. The van der Waals surface area contributed by atoms with Gasteiger partial charge in [-0.1, -0.05) is 50.2 Å². The number of aliphatic hydroxyl groups is 3. The van der Waals surface area contributed by atoms with Crippen LogP contribution < -0.4 is 16.4 Å². The molecule has 1 spiro atoms. The van der Waals surface area contributed by atoms with Gasteiger partial charge in [-0.2, -0.15) is 0 Å². The molecule has 332 valence electrons. The SMILES string of the molecule is CCC1C[NH2+]C(N)CC1[C@H](C=CC1CCCCC1)C[C@H](O)CC[C@@H]1C#C[C@]2(CC[C@@H](CC[C@H]3C[NH2+][C@@H]4CC(=O)CC[C@H]4C3)C[C@H]2O)C(=O)CCC2CC(OC)C(O)CC21. The molecule has 16 atom stereocenters. The lowest BCUT2D eigenvalue weighted by molar-refractivity contribution is -0.711. The number of nitrogens with two attached hydrogens (primary N) is 3. The molecule has 0 bridgehead atoms. The number of piperidine rings is 2. The summed E-state index contributed by atoms with van der Waals surface area (Å²) in [7, 11) is 1.67. The molecule has 0 radical (unpaired) electrons. The Labute approximate surface area is 356 Å². The zero-order chi connectivity index (χ0) is 41.5. The van der Waals surface area contributed by atoms with Gasteiger partial charge in [0.2, 0.25) is 0 Å². The van der Waals surface area contributed by atoms with Gasteiger partial charge in [-0.05, 0) is 138 Å². The molecule has 2 aliphatic heterocycles. The van der Waals surface area contributed by atoms with Crippen LogP contribution in [0, 0.1) is 76.4 Å². The summed E-state index contributed by atoms with van der Waals surface area (Å²) in [5.41, 5.74) is 5.52. The van der Waals surface area contributed by atoms with Gasteiger partial charge < -0.3 is 30.7 Å². The molecule has 9 N–H and O–H groups in total. The van der Waals surface area contributed by atoms with Crippen LogP contribution >= 0.6 is 0 Å². The molecular formula is C50H83N3O6+2. The smallest absolute Gasteiger partial charge is 0.153 e. The van der Waals surface area contributed by atoms with Gasteiger partial charge >= 0.3 is 0 Å². The van der Waals surface area contributed by atoms with Crippen LogP contribution in [0.2, 0.25) is 0 Å². The number of aliphatic hydroxyl groups excluding tert-OH is 3. The normalized spacial score (nSPS) is 42.2. The van der Waals surface area contributed by atoms with Crippen molar-refractivity contribution in [2.75, 3.05) is 20.2 Å². The predicted octanol–water partition coefficient (Wildman–Crippen LogP) is 4.80. The van der Waals surface area contributed by atoms with Crippen molar-refractivity contribution in [2.45, 2.75) is 191 Å². The molecule has 7 unspecified atom stereocenters. The summed E-state index contributed by atoms with van der Waals surface area (Å²) < 4.78 is 5.76. The molecular weight excluding hydrogens is 739 g/mol. The Morgan fingerprint density at radius 2 is 1.71 bits per heavy atom. The highest BCUT2D eigenvalue weighted by Crippen LogP contribution is 2.47. The van der Waals surface area contributed by atoms with Crippen LogP contribution in [0.3, 0.4) is 0 Å². The second-order valence-corrected chi connectivity index (χ2v) is 21.2. The number of rotatable bonds is 13. The maximum Gasteiger partial charge on any atom is 0.153 e. The van der Waals surface area contributed by atoms with Crippen LogP contribution in [-0.4, -0.2) is 83.7 Å². The zero-order valence-electron chi connectivity index (χ0n) is 36.9. The average molecular weight is 822 g/mol. The molecule has 5 aliphatic carbocycles. The van der Waals surface area contributed by atoms with Gasteiger partial charge in [0, 0.05) is 50.0 Å². The van der Waals surface area contributed by atoms with Gasteiger partial charge in [0.05, 0.1) is 50.0 Å². The zero-order valence-corrected chi connectivity index (χ0v) is 36.9. The summed E-state index contributed by atoms with van der Waals surface area (Å²) in [6, 6.07) is 0.481. The van der Waals surface area contributed by atoms with Crippen molar-refractivity contribution in [3.63, 3.8) is 0 Å². The number of quaternary nitrogens is 2. The Bertz CT molecular complexity index is 1470. The van der Waals surface area contributed by atoms with Crippen molar-refractivity contribution in [1.29, 1.82) is 0 Å². The van der Waals surface area contributed by atoms with Gasteiger partial charge in [0.15, 0.2) is 5.78 Å². The van der Waals surface area contributed by atoms with Gasteiger partial charge in [0.25, 0.3) is 0 Å². The van der Waals surface area contributed by atoms with E-state index in [0.29, 0.717) is 98.7 Å². The Morgan fingerprint density at radius 1 is 0.915 bits per heavy atom. The number of methoxy groups -OCH3 is 1. The quantitative estimate of drug-likeness (QED) is 0.115. The maximum absolute atomic E-state index is 14.3. The van der Waals surface area contributed by atoms with E-state index in [2.05, 4.69) is 41.6 Å². The van der Waals surface area contributed by atoms with Crippen molar-refractivity contribution in [1.82, 2.24) is 0 Å². The van der Waals surface area contributed by atoms with Gasteiger partial charge in [0.1, 0.15) is 17.4 Å². The molecule has 59 heavy (non-hydrogen) atoms. The molecule has 0 aromatic rings. The molecule has 9 nitrogen and oxygen atoms in total. The minimum atomic E-state index is -1.04. The number of ketones is 2. The molecule has 0 amide bonds. The Balaban J connectivity index is 1.03. The lowest BCUT2D eigenvalue weighted by Crippen LogP contribution is -2.96. The number of fused-ring (bicyclic) bond motifs is 2. The fourth-order valence-corrected chi connectivity index (χ4v) is 13.7. The number of hydrogen-bond donors (Lipinski definition) is 6. The van der Waals surface area contributed by atoms with E-state index >= 15 is 0 Å². The summed E-state index contributed by atoms with van der Waals surface area (Å²) in [5, 5.41) is 39.9. The maximum atomic E-state index is 14.3. The molecule has 4 saturated carbocycles. The number of carbonyl (C=O) groups excluding carboxylic acids is 2. The van der Waals surface area contributed by atoms with Crippen molar-refractivity contribution in [3.05, 3.63) is 12.2 Å². The lowest BCUT2D eigenvalue weighted by Gasteiger charge is -2.41. The van der Waals surface area contributed by atoms with Crippen molar-refractivity contribution >= 4 is 11.6 Å². The fourth-order valence-electron chi connectivity index (χ4n) is 13.7. The fraction of sp³-hybridized carbons (Fsp3) is 0.880. The Hall–Kier alpha value is -1.64. The summed E-state index contributed by atoms with van der Waals surface area (Å²) in [6.07, 6.45) is 24.2. The van der Waals surface area contributed by atoms with Crippen molar-refractivity contribution < 1.29 is 40.3 Å². The second kappa shape index (κ2) is 21.2. The molecule has 7 aliphatic rings. The number of carbonyl (C=O) groups is 2. The van der Waals surface area contributed by atoms with E-state index in [1.54, 1.807) is 7.11 Å². The van der Waals surface area contributed by atoms with Crippen LogP contribution in [0.1, 0.15) is 155 Å². The van der Waals surface area contributed by atoms with Gasteiger partial charge in [-0.15, -0.1) is 0 Å². The highest BCUT2D eigenvalue weighted by Gasteiger charge is 2.49. The minimum Gasteiger partial charge on any atom is -0.393 e. The predicted molar refractivity (Wildman–Crippen MR) is 230 cm³/mol. The Kier molecular flexibility index (Phi) is 16.3. The number of hydrogen-bond acceptors (Lipinski definition) is 7. The molecule has 9 heteroatoms. The largest absolute Gasteiger partial charge is 0.393 e. The van der Waals surface area contributed by atoms with Gasteiger partial charge in [-0.25, -0.2) is 0 Å². The first-order chi connectivity index (χ1) is 28.5. The summed E-state index contributed by atoms with van der Waals surface area (Å²) >= 11 is 0. The van der Waals surface area contributed by atoms with Crippen molar-refractivity contribution in [3.8, 4) is 11.8 Å². The van der Waals surface area contributed by atoms with Gasteiger partial charge in [-0.3, -0.25) is 15.3 Å². The van der Waals surface area contributed by atoms with Crippen LogP contribution in [0.25, 0.3) is 0 Å². The second-order valence-electron chi connectivity index (χ2n) is 21.2. The average Bonchev–Trinajstić information content (AvgIpc) is 3.29. The molecule has 6 fully saturated rings. The lowest BCUT2D eigenvalue weighted by atomic mass is 9.64. The third-order valence-corrected chi connectivity index (χ3v) is 17.6. The van der Waals surface area contributed by atoms with E-state index in [4.69, 9.17) is 10.5 Å². The highest BCUT2D eigenvalue weighted by molar-refractivity contribution is 5.89. The van der Waals surface area contributed by atoms with E-state index in [0.717, 1.165) is 70.9 Å². The number of allylic oxidation sites excluding steroid dienone is 2. The summed E-state index contributed by atoms with van der Waals surface area (Å²) in [6.45, 7) is 4.45. The Morgan fingerprint density at radius 3 is 2.49 bits per heavy atom. The number of ether oxygens (including phenoxy) is 1. The molecule has 0 aromatic carbocycles. The topological polar surface area (TPSA) is 163 Å².